The van der Waals surface area contributed by atoms with Gasteiger partial charge < -0.3 is 10.1 Å². The van der Waals surface area contributed by atoms with Gasteiger partial charge in [0.25, 0.3) is 0 Å². The first-order chi connectivity index (χ1) is 8.72. The van der Waals surface area contributed by atoms with Crippen LogP contribution in [0.25, 0.3) is 0 Å². The molecule has 0 amide bonds. The Bertz CT molecular complexity index is 399. The van der Waals surface area contributed by atoms with Crippen molar-refractivity contribution in [3.8, 4) is 0 Å². The molecule has 0 aromatic heterocycles. The summed E-state index contributed by atoms with van der Waals surface area (Å²) >= 11 is 12.3. The average Bonchev–Trinajstić information content (AvgIpc) is 2.37. The molecule has 1 aliphatic heterocycles. The maximum Gasteiger partial charge on any atom is 0.0637 e. The predicted molar refractivity (Wildman–Crippen MR) is 75.4 cm³/mol. The second kappa shape index (κ2) is 6.73. The SMILES string of the molecule is CNCC1COCCN1Cc1cccc(Cl)c1Cl. The van der Waals surface area contributed by atoms with Gasteiger partial charge >= 0.3 is 0 Å². The number of nitrogens with zero attached hydrogens (tertiary/aromatic N) is 1. The lowest BCUT2D eigenvalue weighted by Gasteiger charge is -2.35. The summed E-state index contributed by atoms with van der Waals surface area (Å²) < 4.78 is 5.52. The molecule has 18 heavy (non-hydrogen) atoms. The van der Waals surface area contributed by atoms with E-state index >= 15 is 0 Å². The Morgan fingerprint density at radius 2 is 2.28 bits per heavy atom. The average molecular weight is 289 g/mol. The van der Waals surface area contributed by atoms with E-state index in [0.717, 1.165) is 38.4 Å². The van der Waals surface area contributed by atoms with Crippen LogP contribution in [0.2, 0.25) is 10.0 Å². The number of benzene rings is 1. The van der Waals surface area contributed by atoms with Crippen molar-refractivity contribution in [2.45, 2.75) is 12.6 Å². The van der Waals surface area contributed by atoms with Gasteiger partial charge in [0.2, 0.25) is 0 Å². The van der Waals surface area contributed by atoms with Crippen molar-refractivity contribution in [2.75, 3.05) is 33.4 Å². The van der Waals surface area contributed by atoms with Crippen LogP contribution in [0.15, 0.2) is 18.2 Å². The highest BCUT2D eigenvalue weighted by Crippen LogP contribution is 2.27. The monoisotopic (exact) mass is 288 g/mol. The van der Waals surface area contributed by atoms with Crippen molar-refractivity contribution in [1.82, 2.24) is 10.2 Å². The largest absolute Gasteiger partial charge is 0.378 e. The van der Waals surface area contributed by atoms with E-state index in [9.17, 15) is 0 Å². The molecule has 100 valence electrons. The first-order valence-corrected chi connectivity index (χ1v) is 6.87. The molecule has 1 unspecified atom stereocenters. The molecular weight excluding hydrogens is 271 g/mol. The lowest BCUT2D eigenvalue weighted by atomic mass is 10.1. The second-order valence-corrected chi connectivity index (χ2v) is 5.25. The highest BCUT2D eigenvalue weighted by Gasteiger charge is 2.23. The first kappa shape index (κ1) is 14.1. The summed E-state index contributed by atoms with van der Waals surface area (Å²) in [6.45, 7) is 4.19. The Kier molecular flexibility index (Phi) is 5.27. The molecule has 0 radical (unpaired) electrons. The molecule has 1 fully saturated rings. The third kappa shape index (κ3) is 3.37. The van der Waals surface area contributed by atoms with E-state index in [0.29, 0.717) is 16.1 Å². The van der Waals surface area contributed by atoms with E-state index in [1.165, 1.54) is 0 Å². The fraction of sp³-hybridized carbons (Fsp3) is 0.538. The molecular formula is C13H18Cl2N2O. The Hall–Kier alpha value is -0.320. The van der Waals surface area contributed by atoms with Crippen LogP contribution in [0.4, 0.5) is 0 Å². The zero-order valence-corrected chi connectivity index (χ0v) is 12.0. The first-order valence-electron chi connectivity index (χ1n) is 6.11. The number of ether oxygens (including phenoxy) is 1. The van der Waals surface area contributed by atoms with Crippen molar-refractivity contribution in [3.05, 3.63) is 33.8 Å². The van der Waals surface area contributed by atoms with Crippen molar-refractivity contribution < 1.29 is 4.74 Å². The van der Waals surface area contributed by atoms with Crippen molar-refractivity contribution >= 4 is 23.2 Å². The van der Waals surface area contributed by atoms with E-state index < -0.39 is 0 Å². The molecule has 1 heterocycles. The van der Waals surface area contributed by atoms with Crippen LogP contribution < -0.4 is 5.32 Å². The van der Waals surface area contributed by atoms with E-state index in [1.807, 2.05) is 25.2 Å². The molecule has 1 aliphatic rings. The van der Waals surface area contributed by atoms with Crippen LogP contribution in [0.3, 0.4) is 0 Å². The van der Waals surface area contributed by atoms with Crippen molar-refractivity contribution in [2.24, 2.45) is 0 Å². The Labute approximate surface area is 118 Å². The summed E-state index contributed by atoms with van der Waals surface area (Å²) in [5, 5.41) is 4.48. The smallest absolute Gasteiger partial charge is 0.0637 e. The number of morpholine rings is 1. The van der Waals surface area contributed by atoms with E-state index in [1.54, 1.807) is 0 Å². The van der Waals surface area contributed by atoms with Gasteiger partial charge in [-0.15, -0.1) is 0 Å². The Balaban J connectivity index is 2.08. The minimum Gasteiger partial charge on any atom is -0.378 e. The zero-order chi connectivity index (χ0) is 13.0. The summed E-state index contributed by atoms with van der Waals surface area (Å²) in [5.41, 5.74) is 1.08. The molecule has 3 nitrogen and oxygen atoms in total. The van der Waals surface area contributed by atoms with Crippen LogP contribution in [0, 0.1) is 0 Å². The van der Waals surface area contributed by atoms with Gasteiger partial charge in [-0.25, -0.2) is 0 Å². The number of hydrogen-bond acceptors (Lipinski definition) is 3. The van der Waals surface area contributed by atoms with E-state index in [4.69, 9.17) is 27.9 Å². The molecule has 0 saturated carbocycles. The highest BCUT2D eigenvalue weighted by atomic mass is 35.5. The summed E-state index contributed by atoms with van der Waals surface area (Å²) in [6.07, 6.45) is 0. The molecule has 1 aromatic rings. The zero-order valence-electron chi connectivity index (χ0n) is 10.5. The molecule has 0 bridgehead atoms. The van der Waals surface area contributed by atoms with Crippen molar-refractivity contribution in [1.29, 1.82) is 0 Å². The summed E-state index contributed by atoms with van der Waals surface area (Å²) in [4.78, 5) is 2.39. The molecule has 1 atom stereocenters. The normalized spacial score (nSPS) is 21.2. The van der Waals surface area contributed by atoms with Crippen LogP contribution in [-0.4, -0.2) is 44.3 Å². The maximum atomic E-state index is 6.23. The molecule has 1 N–H and O–H groups in total. The Morgan fingerprint density at radius 1 is 1.44 bits per heavy atom. The molecule has 0 spiro atoms. The fourth-order valence-electron chi connectivity index (χ4n) is 2.21. The van der Waals surface area contributed by atoms with Gasteiger partial charge in [0.15, 0.2) is 0 Å². The van der Waals surface area contributed by atoms with Crippen LogP contribution in [-0.2, 0) is 11.3 Å². The van der Waals surface area contributed by atoms with Gasteiger partial charge in [-0.05, 0) is 18.7 Å². The topological polar surface area (TPSA) is 24.5 Å². The van der Waals surface area contributed by atoms with E-state index in [-0.39, 0.29) is 0 Å². The molecule has 5 heteroatoms. The molecule has 0 aliphatic carbocycles. The molecule has 2 rings (SSSR count). The number of rotatable bonds is 4. The highest BCUT2D eigenvalue weighted by molar-refractivity contribution is 6.42. The standard InChI is InChI=1S/C13H18Cl2N2O/c1-16-7-11-9-18-6-5-17(11)8-10-3-2-4-12(14)13(10)15/h2-4,11,16H,5-9H2,1H3. The second-order valence-electron chi connectivity index (χ2n) is 4.47. The minimum atomic E-state index is 0.388. The number of halogens is 2. The molecule has 1 saturated heterocycles. The lowest BCUT2D eigenvalue weighted by molar-refractivity contribution is -0.0103. The van der Waals surface area contributed by atoms with Gasteiger partial charge in [0.1, 0.15) is 0 Å². The quantitative estimate of drug-likeness (QED) is 0.921. The summed E-state index contributed by atoms with van der Waals surface area (Å²) in [5.74, 6) is 0. The van der Waals surface area contributed by atoms with Gasteiger partial charge in [-0.1, -0.05) is 35.3 Å². The maximum absolute atomic E-state index is 6.23. The van der Waals surface area contributed by atoms with Crippen LogP contribution in [0.1, 0.15) is 5.56 Å². The Morgan fingerprint density at radius 3 is 3.06 bits per heavy atom. The number of likely N-dealkylation sites (N-methyl/N-ethyl adjacent to an activating group) is 1. The fourth-order valence-corrected chi connectivity index (χ4v) is 2.59. The third-order valence-corrected chi connectivity index (χ3v) is 4.05. The summed E-state index contributed by atoms with van der Waals surface area (Å²) in [6, 6.07) is 6.17. The third-order valence-electron chi connectivity index (χ3n) is 3.19. The van der Waals surface area contributed by atoms with Crippen LogP contribution in [0.5, 0.6) is 0 Å². The van der Waals surface area contributed by atoms with E-state index in [2.05, 4.69) is 10.2 Å². The molecule has 1 aromatic carbocycles. The van der Waals surface area contributed by atoms with Gasteiger partial charge in [-0.2, -0.15) is 0 Å². The van der Waals surface area contributed by atoms with Gasteiger partial charge in [0.05, 0.1) is 23.3 Å². The number of hydrogen-bond donors (Lipinski definition) is 1. The van der Waals surface area contributed by atoms with Gasteiger partial charge in [-0.3, -0.25) is 4.90 Å². The number of nitrogens with one attached hydrogen (secondary N) is 1. The lowest BCUT2D eigenvalue weighted by Crippen LogP contribution is -2.49. The van der Waals surface area contributed by atoms with Crippen molar-refractivity contribution in [3.63, 3.8) is 0 Å². The van der Waals surface area contributed by atoms with Crippen LogP contribution >= 0.6 is 23.2 Å². The minimum absolute atomic E-state index is 0.388. The predicted octanol–water partition coefficient (Wildman–Crippen LogP) is 2.41. The summed E-state index contributed by atoms with van der Waals surface area (Å²) in [7, 11) is 1.96. The van der Waals surface area contributed by atoms with Gasteiger partial charge in [0, 0.05) is 25.7 Å².